The molecule has 0 aliphatic carbocycles. The Labute approximate surface area is 151 Å². The Morgan fingerprint density at radius 1 is 1.12 bits per heavy atom. The Hall–Kier alpha value is -2.59. The highest BCUT2D eigenvalue weighted by Crippen LogP contribution is 2.21. The van der Waals surface area contributed by atoms with Gasteiger partial charge in [-0.25, -0.2) is 4.39 Å². The quantitative estimate of drug-likeness (QED) is 0.698. The van der Waals surface area contributed by atoms with E-state index in [0.717, 1.165) is 5.56 Å². The fourth-order valence-corrected chi connectivity index (χ4v) is 3.01. The van der Waals surface area contributed by atoms with Gasteiger partial charge in [-0.2, -0.15) is 0 Å². The lowest BCUT2D eigenvalue weighted by atomic mass is 10.1. The van der Waals surface area contributed by atoms with Gasteiger partial charge < -0.3 is 9.88 Å². The molecule has 25 heavy (non-hydrogen) atoms. The Balaban J connectivity index is 1.77. The van der Waals surface area contributed by atoms with Crippen molar-refractivity contribution in [2.24, 2.45) is 0 Å². The van der Waals surface area contributed by atoms with Crippen molar-refractivity contribution >= 4 is 17.5 Å². The minimum atomic E-state index is -0.430. The largest absolute Gasteiger partial charge is 0.347 e. The van der Waals surface area contributed by atoms with E-state index in [1.165, 1.54) is 12.1 Å². The maximum absolute atomic E-state index is 13.8. The molecule has 0 radical (unpaired) electrons. The summed E-state index contributed by atoms with van der Waals surface area (Å²) in [5.41, 5.74) is 1.90. The predicted molar refractivity (Wildman–Crippen MR) is 97.3 cm³/mol. The first kappa shape index (κ1) is 17.2. The van der Waals surface area contributed by atoms with Crippen LogP contribution in [0.15, 0.2) is 66.9 Å². The first-order valence-corrected chi connectivity index (χ1v) is 8.38. The maximum atomic E-state index is 13.8. The van der Waals surface area contributed by atoms with Gasteiger partial charge in [-0.15, -0.1) is 0 Å². The highest BCUT2D eigenvalue weighted by Gasteiger charge is 2.17. The molecule has 1 amide bonds. The average molecular weight is 357 g/mol. The third-order valence-corrected chi connectivity index (χ3v) is 4.55. The van der Waals surface area contributed by atoms with Gasteiger partial charge in [0.2, 0.25) is 0 Å². The van der Waals surface area contributed by atoms with Crippen LogP contribution < -0.4 is 5.32 Å². The SMILES string of the molecule is CC(c1ccccc1)n1cccc1C(=O)NCc1c(F)cccc1Cl. The monoisotopic (exact) mass is 356 g/mol. The van der Waals surface area contributed by atoms with Crippen LogP contribution in [0.5, 0.6) is 0 Å². The van der Waals surface area contributed by atoms with Crippen LogP contribution in [0.3, 0.4) is 0 Å². The summed E-state index contributed by atoms with van der Waals surface area (Å²) in [5.74, 6) is -0.701. The van der Waals surface area contributed by atoms with Crippen LogP contribution in [0.4, 0.5) is 4.39 Å². The molecule has 3 aromatic rings. The topological polar surface area (TPSA) is 34.0 Å². The van der Waals surface area contributed by atoms with E-state index in [9.17, 15) is 9.18 Å². The van der Waals surface area contributed by atoms with Crippen LogP contribution in [0.1, 0.15) is 34.6 Å². The highest BCUT2D eigenvalue weighted by atomic mass is 35.5. The number of benzene rings is 2. The molecular weight excluding hydrogens is 339 g/mol. The van der Waals surface area contributed by atoms with Gasteiger partial charge in [0, 0.05) is 23.3 Å². The Bertz CT molecular complexity index is 856. The number of nitrogens with one attached hydrogen (secondary N) is 1. The van der Waals surface area contributed by atoms with Gasteiger partial charge in [0.1, 0.15) is 11.5 Å². The van der Waals surface area contributed by atoms with Crippen LogP contribution in [-0.4, -0.2) is 10.5 Å². The lowest BCUT2D eigenvalue weighted by Gasteiger charge is -2.18. The van der Waals surface area contributed by atoms with Gasteiger partial charge in [0.15, 0.2) is 0 Å². The van der Waals surface area contributed by atoms with Crippen molar-refractivity contribution in [1.82, 2.24) is 9.88 Å². The molecule has 2 aromatic carbocycles. The van der Waals surface area contributed by atoms with E-state index in [1.807, 2.05) is 54.1 Å². The molecule has 1 heterocycles. The molecule has 5 heteroatoms. The molecule has 0 aliphatic heterocycles. The summed E-state index contributed by atoms with van der Waals surface area (Å²) in [4.78, 5) is 12.6. The van der Waals surface area contributed by atoms with Gasteiger partial charge in [-0.1, -0.05) is 48.0 Å². The smallest absolute Gasteiger partial charge is 0.268 e. The molecule has 3 nitrogen and oxygen atoms in total. The number of amides is 1. The molecule has 0 aliphatic rings. The molecule has 3 rings (SSSR count). The average Bonchev–Trinajstić information content (AvgIpc) is 3.11. The van der Waals surface area contributed by atoms with Crippen molar-refractivity contribution in [3.63, 3.8) is 0 Å². The van der Waals surface area contributed by atoms with Crippen LogP contribution in [-0.2, 0) is 6.54 Å². The zero-order valence-corrected chi connectivity index (χ0v) is 14.5. The molecule has 1 atom stereocenters. The fourth-order valence-electron chi connectivity index (χ4n) is 2.78. The number of rotatable bonds is 5. The molecule has 1 aromatic heterocycles. The number of halogens is 2. The second-order valence-corrected chi connectivity index (χ2v) is 6.18. The number of aromatic nitrogens is 1. The zero-order chi connectivity index (χ0) is 17.8. The van der Waals surface area contributed by atoms with Gasteiger partial charge in [-0.3, -0.25) is 4.79 Å². The normalized spacial score (nSPS) is 12.0. The lowest BCUT2D eigenvalue weighted by Crippen LogP contribution is -2.27. The zero-order valence-electron chi connectivity index (χ0n) is 13.7. The maximum Gasteiger partial charge on any atom is 0.268 e. The molecule has 1 unspecified atom stereocenters. The van der Waals surface area contributed by atoms with E-state index in [1.54, 1.807) is 12.1 Å². The molecule has 1 N–H and O–H groups in total. The van der Waals surface area contributed by atoms with Crippen molar-refractivity contribution in [2.45, 2.75) is 19.5 Å². The van der Waals surface area contributed by atoms with Gasteiger partial charge in [0.05, 0.1) is 6.04 Å². The van der Waals surface area contributed by atoms with E-state index in [-0.39, 0.29) is 24.1 Å². The first-order valence-electron chi connectivity index (χ1n) is 8.01. The lowest BCUT2D eigenvalue weighted by molar-refractivity contribution is 0.0940. The van der Waals surface area contributed by atoms with Crippen molar-refractivity contribution < 1.29 is 9.18 Å². The van der Waals surface area contributed by atoms with Gasteiger partial charge in [-0.05, 0) is 36.8 Å². The molecular formula is C20H18ClFN2O. The van der Waals surface area contributed by atoms with Crippen molar-refractivity contribution in [3.8, 4) is 0 Å². The van der Waals surface area contributed by atoms with Crippen LogP contribution in [0.25, 0.3) is 0 Å². The molecule has 0 bridgehead atoms. The van der Waals surface area contributed by atoms with E-state index >= 15 is 0 Å². The molecule has 0 saturated heterocycles. The number of hydrogen-bond acceptors (Lipinski definition) is 1. The number of hydrogen-bond donors (Lipinski definition) is 1. The van der Waals surface area contributed by atoms with Gasteiger partial charge >= 0.3 is 0 Å². The van der Waals surface area contributed by atoms with Crippen LogP contribution in [0.2, 0.25) is 5.02 Å². The highest BCUT2D eigenvalue weighted by molar-refractivity contribution is 6.31. The Morgan fingerprint density at radius 2 is 1.88 bits per heavy atom. The van der Waals surface area contributed by atoms with E-state index in [0.29, 0.717) is 10.7 Å². The number of carbonyl (C=O) groups excluding carboxylic acids is 1. The van der Waals surface area contributed by atoms with Gasteiger partial charge in [0.25, 0.3) is 5.91 Å². The molecule has 0 spiro atoms. The minimum Gasteiger partial charge on any atom is -0.347 e. The number of nitrogens with zero attached hydrogens (tertiary/aromatic N) is 1. The van der Waals surface area contributed by atoms with Crippen LogP contribution in [0, 0.1) is 5.82 Å². The van der Waals surface area contributed by atoms with Crippen molar-refractivity contribution in [3.05, 3.63) is 94.5 Å². The summed E-state index contributed by atoms with van der Waals surface area (Å²) in [6.45, 7) is 2.06. The molecule has 0 fully saturated rings. The Morgan fingerprint density at radius 3 is 2.60 bits per heavy atom. The summed E-state index contributed by atoms with van der Waals surface area (Å²) in [5, 5.41) is 3.04. The fraction of sp³-hybridized carbons (Fsp3) is 0.150. The summed E-state index contributed by atoms with van der Waals surface area (Å²) in [7, 11) is 0. The Kier molecular flexibility index (Phi) is 5.19. The van der Waals surface area contributed by atoms with E-state index in [2.05, 4.69) is 5.32 Å². The molecule has 0 saturated carbocycles. The first-order chi connectivity index (χ1) is 12.1. The third-order valence-electron chi connectivity index (χ3n) is 4.20. The summed E-state index contributed by atoms with van der Waals surface area (Å²) >= 11 is 6.00. The predicted octanol–water partition coefficient (Wildman–Crippen LogP) is 4.82. The summed E-state index contributed by atoms with van der Waals surface area (Å²) in [6.07, 6.45) is 1.86. The number of carbonyl (C=O) groups is 1. The van der Waals surface area contributed by atoms with E-state index in [4.69, 9.17) is 11.6 Å². The van der Waals surface area contributed by atoms with E-state index < -0.39 is 5.82 Å². The standard InChI is InChI=1S/C20H18ClFN2O/c1-14(15-7-3-2-4-8-15)24-12-6-11-19(24)20(25)23-13-16-17(21)9-5-10-18(16)22/h2-12,14H,13H2,1H3,(H,23,25). The second kappa shape index (κ2) is 7.53. The van der Waals surface area contributed by atoms with Crippen LogP contribution >= 0.6 is 11.6 Å². The third kappa shape index (κ3) is 3.74. The second-order valence-electron chi connectivity index (χ2n) is 5.77. The summed E-state index contributed by atoms with van der Waals surface area (Å²) < 4.78 is 15.7. The molecule has 128 valence electrons. The summed E-state index contributed by atoms with van der Waals surface area (Å²) in [6, 6.07) is 18.0. The van der Waals surface area contributed by atoms with Crippen molar-refractivity contribution in [2.75, 3.05) is 0 Å². The minimum absolute atomic E-state index is 0.00833. The van der Waals surface area contributed by atoms with Crippen molar-refractivity contribution in [1.29, 1.82) is 0 Å².